The van der Waals surface area contributed by atoms with E-state index in [2.05, 4.69) is 10.5 Å². The molecule has 0 saturated carbocycles. The number of carbonyl (C=O) groups is 1. The van der Waals surface area contributed by atoms with Crippen molar-refractivity contribution < 1.29 is 22.7 Å². The van der Waals surface area contributed by atoms with Gasteiger partial charge in [-0.1, -0.05) is 6.07 Å². The molecule has 0 aliphatic heterocycles. The van der Waals surface area contributed by atoms with Crippen LogP contribution in [-0.2, 0) is 6.18 Å². The molecule has 0 heterocycles. The highest BCUT2D eigenvalue weighted by Gasteiger charge is 2.30. The van der Waals surface area contributed by atoms with Crippen LogP contribution in [-0.4, -0.2) is 19.2 Å². The highest BCUT2D eigenvalue weighted by Crippen LogP contribution is 2.29. The van der Waals surface area contributed by atoms with Gasteiger partial charge in [-0.2, -0.15) is 18.3 Å². The maximum atomic E-state index is 12.6. The molecule has 0 fully saturated rings. The minimum Gasteiger partial charge on any atom is -0.497 e. The van der Waals surface area contributed by atoms with Crippen molar-refractivity contribution in [2.45, 2.75) is 13.1 Å². The summed E-state index contributed by atoms with van der Waals surface area (Å²) in [4.78, 5) is 11.9. The lowest BCUT2D eigenvalue weighted by atomic mass is 10.1. The summed E-state index contributed by atoms with van der Waals surface area (Å²) in [6, 6.07) is 9.45. The van der Waals surface area contributed by atoms with Crippen LogP contribution in [0.15, 0.2) is 47.6 Å². The standard InChI is InChI=1S/C17H15F3N2O2/c1-11-8-15(24-2)7-6-13(11)10-21-22-16(23)12-4-3-5-14(9-12)17(18,19)20/h3-10H,1-2H3,(H,22,23)/b21-10-. The lowest BCUT2D eigenvalue weighted by Crippen LogP contribution is -2.18. The van der Waals surface area contributed by atoms with Crippen LogP contribution in [0.3, 0.4) is 0 Å². The molecule has 0 spiro atoms. The largest absolute Gasteiger partial charge is 0.497 e. The predicted octanol–water partition coefficient (Wildman–Crippen LogP) is 3.79. The molecule has 7 heteroatoms. The van der Waals surface area contributed by atoms with Crippen molar-refractivity contribution in [1.29, 1.82) is 0 Å². The molecule has 0 bridgehead atoms. The van der Waals surface area contributed by atoms with Crippen LogP contribution in [0.25, 0.3) is 0 Å². The summed E-state index contributed by atoms with van der Waals surface area (Å²) in [5.74, 6) is -0.0267. The monoisotopic (exact) mass is 336 g/mol. The van der Waals surface area contributed by atoms with Crippen LogP contribution in [0, 0.1) is 6.92 Å². The van der Waals surface area contributed by atoms with Gasteiger partial charge < -0.3 is 4.74 Å². The third-order valence-electron chi connectivity index (χ3n) is 3.30. The number of alkyl halides is 3. The lowest BCUT2D eigenvalue weighted by Gasteiger charge is -2.08. The molecule has 24 heavy (non-hydrogen) atoms. The zero-order valence-corrected chi connectivity index (χ0v) is 13.0. The van der Waals surface area contributed by atoms with E-state index in [4.69, 9.17) is 4.74 Å². The molecule has 0 unspecified atom stereocenters. The average molecular weight is 336 g/mol. The normalized spacial score (nSPS) is 11.5. The Morgan fingerprint density at radius 2 is 1.96 bits per heavy atom. The van der Waals surface area contributed by atoms with Crippen molar-refractivity contribution in [3.05, 3.63) is 64.7 Å². The Morgan fingerprint density at radius 3 is 2.58 bits per heavy atom. The molecule has 1 N–H and O–H groups in total. The van der Waals surface area contributed by atoms with Gasteiger partial charge in [0, 0.05) is 5.56 Å². The van der Waals surface area contributed by atoms with Crippen LogP contribution in [0.4, 0.5) is 13.2 Å². The van der Waals surface area contributed by atoms with Crippen molar-refractivity contribution in [3.63, 3.8) is 0 Å². The molecule has 2 aromatic carbocycles. The van der Waals surface area contributed by atoms with E-state index >= 15 is 0 Å². The van der Waals surface area contributed by atoms with Crippen LogP contribution >= 0.6 is 0 Å². The predicted molar refractivity (Wildman–Crippen MR) is 84.2 cm³/mol. The number of halogens is 3. The fraction of sp³-hybridized carbons (Fsp3) is 0.176. The van der Waals surface area contributed by atoms with Gasteiger partial charge in [-0.05, 0) is 54.4 Å². The van der Waals surface area contributed by atoms with E-state index in [9.17, 15) is 18.0 Å². The van der Waals surface area contributed by atoms with Gasteiger partial charge >= 0.3 is 6.18 Å². The number of benzene rings is 2. The van der Waals surface area contributed by atoms with Gasteiger partial charge in [0.2, 0.25) is 0 Å². The van der Waals surface area contributed by atoms with Gasteiger partial charge in [-0.15, -0.1) is 0 Å². The Morgan fingerprint density at radius 1 is 1.21 bits per heavy atom. The summed E-state index contributed by atoms with van der Waals surface area (Å²) in [7, 11) is 1.55. The van der Waals surface area contributed by atoms with E-state index in [1.54, 1.807) is 25.3 Å². The molecule has 0 saturated heterocycles. The Balaban J connectivity index is 2.08. The van der Waals surface area contributed by atoms with Gasteiger partial charge in [-0.25, -0.2) is 5.43 Å². The van der Waals surface area contributed by atoms with Crippen molar-refractivity contribution in [3.8, 4) is 5.75 Å². The Hall–Kier alpha value is -2.83. The summed E-state index contributed by atoms with van der Waals surface area (Å²) in [6.45, 7) is 1.85. The number of amides is 1. The van der Waals surface area contributed by atoms with E-state index < -0.39 is 17.6 Å². The number of hydrogen-bond acceptors (Lipinski definition) is 3. The maximum absolute atomic E-state index is 12.6. The summed E-state index contributed by atoms with van der Waals surface area (Å²) in [5.41, 5.74) is 2.84. The molecular weight excluding hydrogens is 321 g/mol. The number of aryl methyl sites for hydroxylation is 1. The third-order valence-corrected chi connectivity index (χ3v) is 3.30. The molecular formula is C17H15F3N2O2. The number of hydrazone groups is 1. The molecule has 0 aliphatic carbocycles. The van der Waals surface area contributed by atoms with Crippen molar-refractivity contribution in [2.24, 2.45) is 5.10 Å². The fourth-order valence-electron chi connectivity index (χ4n) is 1.98. The van der Waals surface area contributed by atoms with Crippen LogP contribution < -0.4 is 10.2 Å². The van der Waals surface area contributed by atoms with Gasteiger partial charge in [0.1, 0.15) is 5.75 Å². The van der Waals surface area contributed by atoms with Gasteiger partial charge in [-0.3, -0.25) is 4.79 Å². The number of ether oxygens (including phenoxy) is 1. The van der Waals surface area contributed by atoms with E-state index in [0.717, 1.165) is 23.3 Å². The third kappa shape index (κ3) is 4.34. The van der Waals surface area contributed by atoms with E-state index in [0.29, 0.717) is 5.75 Å². The zero-order chi connectivity index (χ0) is 17.7. The molecule has 2 aromatic rings. The number of rotatable bonds is 4. The Kier molecular flexibility index (Phi) is 5.23. The highest BCUT2D eigenvalue weighted by molar-refractivity contribution is 5.95. The Labute approximate surface area is 137 Å². The van der Waals surface area contributed by atoms with E-state index in [1.807, 2.05) is 6.92 Å². The topological polar surface area (TPSA) is 50.7 Å². The first kappa shape index (κ1) is 17.5. The molecule has 126 valence electrons. The number of nitrogens with one attached hydrogen (secondary N) is 1. The molecule has 0 aromatic heterocycles. The zero-order valence-electron chi connectivity index (χ0n) is 13.0. The second-order valence-electron chi connectivity index (χ2n) is 5.00. The van der Waals surface area contributed by atoms with E-state index in [1.165, 1.54) is 18.3 Å². The second kappa shape index (κ2) is 7.16. The quantitative estimate of drug-likeness (QED) is 0.682. The molecule has 0 radical (unpaired) electrons. The van der Waals surface area contributed by atoms with Crippen LogP contribution in [0.1, 0.15) is 27.0 Å². The number of hydrogen-bond donors (Lipinski definition) is 1. The first-order valence-corrected chi connectivity index (χ1v) is 6.96. The smallest absolute Gasteiger partial charge is 0.416 e. The maximum Gasteiger partial charge on any atom is 0.416 e. The minimum atomic E-state index is -4.50. The summed E-state index contributed by atoms with van der Waals surface area (Å²) in [5, 5.41) is 3.78. The first-order chi connectivity index (χ1) is 11.3. The number of nitrogens with zero attached hydrogens (tertiary/aromatic N) is 1. The lowest BCUT2D eigenvalue weighted by molar-refractivity contribution is -0.137. The van der Waals surface area contributed by atoms with Crippen LogP contribution in [0.5, 0.6) is 5.75 Å². The molecule has 1 amide bonds. The number of carbonyl (C=O) groups excluding carboxylic acids is 1. The SMILES string of the molecule is COc1ccc(/C=N\NC(=O)c2cccc(C(F)(F)F)c2)c(C)c1. The van der Waals surface area contributed by atoms with Gasteiger partial charge in [0.15, 0.2) is 0 Å². The molecule has 0 aliphatic rings. The molecule has 0 atom stereocenters. The fourth-order valence-corrected chi connectivity index (χ4v) is 1.98. The molecule has 2 rings (SSSR count). The first-order valence-electron chi connectivity index (χ1n) is 6.96. The van der Waals surface area contributed by atoms with Crippen LogP contribution in [0.2, 0.25) is 0 Å². The summed E-state index contributed by atoms with van der Waals surface area (Å²) in [6.07, 6.45) is -3.08. The molecule has 4 nitrogen and oxygen atoms in total. The highest BCUT2D eigenvalue weighted by atomic mass is 19.4. The van der Waals surface area contributed by atoms with E-state index in [-0.39, 0.29) is 5.56 Å². The summed E-state index contributed by atoms with van der Waals surface area (Å²) >= 11 is 0. The van der Waals surface area contributed by atoms with Crippen molar-refractivity contribution in [2.75, 3.05) is 7.11 Å². The Bertz CT molecular complexity index is 771. The minimum absolute atomic E-state index is 0.117. The average Bonchev–Trinajstić information content (AvgIpc) is 2.55. The van der Waals surface area contributed by atoms with Crippen molar-refractivity contribution in [1.82, 2.24) is 5.43 Å². The summed E-state index contributed by atoms with van der Waals surface area (Å²) < 4.78 is 43.0. The van der Waals surface area contributed by atoms with Gasteiger partial charge in [0.05, 0.1) is 18.9 Å². The second-order valence-corrected chi connectivity index (χ2v) is 5.00. The number of methoxy groups -OCH3 is 1. The van der Waals surface area contributed by atoms with Gasteiger partial charge in [0.25, 0.3) is 5.91 Å². The van der Waals surface area contributed by atoms with Crippen molar-refractivity contribution >= 4 is 12.1 Å².